The second-order valence-corrected chi connectivity index (χ2v) is 4.26. The molecule has 0 aliphatic rings. The van der Waals surface area contributed by atoms with Crippen molar-refractivity contribution in [1.29, 1.82) is 0 Å². The van der Waals surface area contributed by atoms with Crippen molar-refractivity contribution in [1.82, 2.24) is 5.32 Å². The van der Waals surface area contributed by atoms with Crippen molar-refractivity contribution < 1.29 is 11.0 Å². The van der Waals surface area contributed by atoms with E-state index < -0.39 is 0 Å². The minimum absolute atomic E-state index is 0. The minimum atomic E-state index is 0. The zero-order chi connectivity index (χ0) is 12.7. The lowest BCUT2D eigenvalue weighted by molar-refractivity contribution is 0.0987. The highest BCUT2D eigenvalue weighted by atomic mass is 16.5. The van der Waals surface area contributed by atoms with Gasteiger partial charge in [0, 0.05) is 26.0 Å². The third-order valence-corrected chi connectivity index (χ3v) is 2.40. The van der Waals surface area contributed by atoms with Crippen LogP contribution in [0.15, 0.2) is 24.3 Å². The number of hydrogen-bond donors (Lipinski definition) is 1. The van der Waals surface area contributed by atoms with Gasteiger partial charge < -0.3 is 10.1 Å². The van der Waals surface area contributed by atoms with Gasteiger partial charge in [-0.25, -0.2) is 0 Å². The molecular formula is C14H23NO2. The minimum Gasteiger partial charge on any atom is -0.492 e. The average Bonchev–Trinajstić information content (AvgIpc) is 2.34. The van der Waals surface area contributed by atoms with Crippen molar-refractivity contribution in [3.63, 3.8) is 0 Å². The number of nitrogens with one attached hydrogen (secondary N) is 1. The van der Waals surface area contributed by atoms with Gasteiger partial charge in [0.05, 0.1) is 0 Å². The van der Waals surface area contributed by atoms with Gasteiger partial charge in [-0.15, -0.1) is 0 Å². The van der Waals surface area contributed by atoms with Crippen LogP contribution >= 0.6 is 0 Å². The van der Waals surface area contributed by atoms with Crippen LogP contribution in [-0.4, -0.2) is 25.0 Å². The lowest BCUT2D eigenvalue weighted by Crippen LogP contribution is -2.27. The van der Waals surface area contributed by atoms with Gasteiger partial charge in [-0.1, -0.05) is 32.9 Å². The molecule has 0 saturated carbocycles. The fourth-order valence-corrected chi connectivity index (χ4v) is 1.48. The molecule has 0 amide bonds. The first-order chi connectivity index (χ1) is 8.13. The first-order valence-electron chi connectivity index (χ1n) is 6.13. The van der Waals surface area contributed by atoms with Gasteiger partial charge in [0.15, 0.2) is 5.78 Å². The van der Waals surface area contributed by atoms with E-state index in [2.05, 4.69) is 19.2 Å². The Morgan fingerprint density at radius 3 is 2.88 bits per heavy atom. The van der Waals surface area contributed by atoms with Crippen LogP contribution in [0.3, 0.4) is 0 Å². The Morgan fingerprint density at radius 2 is 2.24 bits per heavy atom. The largest absolute Gasteiger partial charge is 0.492 e. The molecule has 0 aromatic heterocycles. The maximum atomic E-state index is 11.5. The number of ether oxygens (including phenoxy) is 1. The van der Waals surface area contributed by atoms with Crippen molar-refractivity contribution in [2.75, 3.05) is 13.2 Å². The molecule has 0 unspecified atom stereocenters. The van der Waals surface area contributed by atoms with Crippen LogP contribution in [0, 0.1) is 0 Å². The molecule has 1 rings (SSSR count). The second kappa shape index (κ2) is 7.07. The molecule has 1 aromatic carbocycles. The molecule has 0 spiro atoms. The lowest BCUT2D eigenvalue weighted by atomic mass is 10.1. The van der Waals surface area contributed by atoms with Gasteiger partial charge in [0.25, 0.3) is 0 Å². The predicted octanol–water partition coefficient (Wildman–Crippen LogP) is 2.90. The molecule has 0 radical (unpaired) electrons. The molecule has 1 aromatic rings. The molecule has 0 bridgehead atoms. The molecule has 17 heavy (non-hydrogen) atoms. The molecule has 3 nitrogen and oxygen atoms in total. The molecule has 0 fully saturated rings. The number of ketones is 1. The summed E-state index contributed by atoms with van der Waals surface area (Å²) < 4.78 is 5.58. The quantitative estimate of drug-likeness (QED) is 0.585. The Bertz CT molecular complexity index is 367. The van der Waals surface area contributed by atoms with E-state index in [0.29, 0.717) is 19.1 Å². The van der Waals surface area contributed by atoms with Gasteiger partial charge in [-0.2, -0.15) is 0 Å². The van der Waals surface area contributed by atoms with E-state index >= 15 is 0 Å². The van der Waals surface area contributed by atoms with Gasteiger partial charge >= 0.3 is 0 Å². The third kappa shape index (κ3) is 5.00. The maximum Gasteiger partial charge on any atom is 0.162 e. The van der Waals surface area contributed by atoms with Crippen molar-refractivity contribution in [2.24, 2.45) is 0 Å². The Kier molecular flexibility index (Phi) is 5.70. The van der Waals surface area contributed by atoms with E-state index in [0.717, 1.165) is 17.9 Å². The molecule has 3 heteroatoms. The highest BCUT2D eigenvalue weighted by Gasteiger charge is 2.04. The number of Topliss-reactive ketones (excluding diaryl/α,β-unsaturated/α-hetero) is 1. The zero-order valence-corrected chi connectivity index (χ0v) is 10.8. The smallest absolute Gasteiger partial charge is 0.162 e. The summed E-state index contributed by atoms with van der Waals surface area (Å²) in [6, 6.07) is 7.83. The number of hydrogen-bond acceptors (Lipinski definition) is 3. The van der Waals surface area contributed by atoms with E-state index in [9.17, 15) is 4.79 Å². The summed E-state index contributed by atoms with van der Waals surface area (Å²) in [5.41, 5.74) is 0.724. The third-order valence-electron chi connectivity index (χ3n) is 2.40. The van der Waals surface area contributed by atoms with E-state index in [1.54, 1.807) is 6.07 Å². The Morgan fingerprint density at radius 1 is 1.47 bits per heavy atom. The topological polar surface area (TPSA) is 38.3 Å². The number of rotatable bonds is 7. The number of benzene rings is 1. The molecule has 96 valence electrons. The monoisotopic (exact) mass is 237 g/mol. The summed E-state index contributed by atoms with van der Waals surface area (Å²) in [6.07, 6.45) is 0.526. The summed E-state index contributed by atoms with van der Waals surface area (Å²) >= 11 is 0. The van der Waals surface area contributed by atoms with Crippen LogP contribution in [0.25, 0.3) is 0 Å². The molecular weight excluding hydrogens is 214 g/mol. The fourth-order valence-electron chi connectivity index (χ4n) is 1.48. The summed E-state index contributed by atoms with van der Waals surface area (Å²) in [7, 11) is 0. The van der Waals surface area contributed by atoms with Crippen LogP contribution in [0.4, 0.5) is 0 Å². The normalized spacial score (nSPS) is 10.6. The summed E-state index contributed by atoms with van der Waals surface area (Å²) in [6.45, 7) is 7.48. The first kappa shape index (κ1) is 13.7. The Hall–Kier alpha value is -1.35. The van der Waals surface area contributed by atoms with Crippen LogP contribution < -0.4 is 10.1 Å². The van der Waals surface area contributed by atoms with Gasteiger partial charge in [0.1, 0.15) is 12.4 Å². The number of carbonyl (C=O) groups is 1. The first-order valence-corrected chi connectivity index (χ1v) is 6.13. The fraction of sp³-hybridized carbons (Fsp3) is 0.500. The highest BCUT2D eigenvalue weighted by Crippen LogP contribution is 2.14. The van der Waals surface area contributed by atoms with Gasteiger partial charge in [-0.05, 0) is 12.1 Å². The lowest BCUT2D eigenvalue weighted by Gasteiger charge is -2.10. The standard InChI is InChI=1S/C14H21NO2.H2/c1-4-14(16)12-6-5-7-13(10-12)17-9-8-15-11(2)3;/h5-7,10-11,15H,4,8-9H2,1-3H3;1H. The van der Waals surface area contributed by atoms with E-state index in [4.69, 9.17) is 4.74 Å². The molecule has 1 N–H and O–H groups in total. The molecule has 0 saturated heterocycles. The van der Waals surface area contributed by atoms with Crippen molar-refractivity contribution in [3.8, 4) is 5.75 Å². The second-order valence-electron chi connectivity index (χ2n) is 4.26. The molecule has 0 aliphatic heterocycles. The number of carbonyl (C=O) groups excluding carboxylic acids is 1. The molecule has 0 atom stereocenters. The van der Waals surface area contributed by atoms with Gasteiger partial charge in [0.2, 0.25) is 0 Å². The summed E-state index contributed by atoms with van der Waals surface area (Å²) in [5.74, 6) is 0.908. The van der Waals surface area contributed by atoms with Crippen molar-refractivity contribution >= 4 is 5.78 Å². The zero-order valence-electron chi connectivity index (χ0n) is 10.8. The predicted molar refractivity (Wildman–Crippen MR) is 71.8 cm³/mol. The van der Waals surface area contributed by atoms with Crippen LogP contribution in [0.1, 0.15) is 39.0 Å². The van der Waals surface area contributed by atoms with Crippen molar-refractivity contribution in [2.45, 2.75) is 33.2 Å². The Balaban J connectivity index is 0.00000289. The SMILES string of the molecule is CCC(=O)c1cccc(OCCNC(C)C)c1.[HH]. The van der Waals surface area contributed by atoms with Crippen LogP contribution in [0.2, 0.25) is 0 Å². The van der Waals surface area contributed by atoms with E-state index in [1.807, 2.05) is 25.1 Å². The average molecular weight is 237 g/mol. The van der Waals surface area contributed by atoms with Gasteiger partial charge in [-0.3, -0.25) is 4.79 Å². The van der Waals surface area contributed by atoms with E-state index in [1.165, 1.54) is 0 Å². The van der Waals surface area contributed by atoms with Crippen LogP contribution in [-0.2, 0) is 0 Å². The highest BCUT2D eigenvalue weighted by molar-refractivity contribution is 5.96. The molecule has 0 heterocycles. The molecule has 0 aliphatic carbocycles. The van der Waals surface area contributed by atoms with E-state index in [-0.39, 0.29) is 7.21 Å². The Labute approximate surface area is 105 Å². The van der Waals surface area contributed by atoms with Crippen molar-refractivity contribution in [3.05, 3.63) is 29.8 Å². The summed E-state index contributed by atoms with van der Waals surface area (Å²) in [5, 5.41) is 3.27. The maximum absolute atomic E-state index is 11.5. The van der Waals surface area contributed by atoms with Crippen LogP contribution in [0.5, 0.6) is 5.75 Å². The summed E-state index contributed by atoms with van der Waals surface area (Å²) in [4.78, 5) is 11.5.